The van der Waals surface area contributed by atoms with E-state index >= 15 is 0 Å². The number of imidazole rings is 1. The van der Waals surface area contributed by atoms with Crippen LogP contribution in [0.5, 0.6) is 0 Å². The van der Waals surface area contributed by atoms with E-state index in [9.17, 15) is 9.59 Å². The van der Waals surface area contributed by atoms with Crippen LogP contribution < -0.4 is 0 Å². The molecule has 3 fully saturated rings. The van der Waals surface area contributed by atoms with E-state index in [0.717, 1.165) is 68.7 Å². The van der Waals surface area contributed by atoms with Crippen molar-refractivity contribution >= 4 is 23.0 Å². The van der Waals surface area contributed by atoms with Crippen LogP contribution in [0.15, 0.2) is 18.3 Å². The fourth-order valence-corrected chi connectivity index (χ4v) is 5.28. The number of hydrogen-bond donors (Lipinski definition) is 1. The Bertz CT molecular complexity index is 862. The molecule has 2 saturated heterocycles. The van der Waals surface area contributed by atoms with Crippen molar-refractivity contribution in [1.82, 2.24) is 24.8 Å². The van der Waals surface area contributed by atoms with Gasteiger partial charge in [-0.25, -0.2) is 9.97 Å². The second-order valence-corrected chi connectivity index (χ2v) is 8.85. The van der Waals surface area contributed by atoms with Crippen LogP contribution >= 0.6 is 0 Å². The lowest BCUT2D eigenvalue weighted by atomic mass is 9.95. The first-order chi connectivity index (χ1) is 14.2. The highest BCUT2D eigenvalue weighted by Crippen LogP contribution is 2.31. The van der Waals surface area contributed by atoms with Crippen molar-refractivity contribution < 1.29 is 9.59 Å². The Balaban J connectivity index is 1.16. The van der Waals surface area contributed by atoms with Crippen LogP contribution in [0, 0.1) is 11.8 Å². The fourth-order valence-electron chi connectivity index (χ4n) is 5.28. The maximum absolute atomic E-state index is 13.0. The zero-order valence-electron chi connectivity index (χ0n) is 16.8. The van der Waals surface area contributed by atoms with E-state index in [1.807, 2.05) is 21.9 Å². The number of aromatic nitrogens is 3. The number of nitrogens with zero attached hydrogens (tertiary/aromatic N) is 4. The molecule has 1 atom stereocenters. The molecule has 2 aliphatic heterocycles. The van der Waals surface area contributed by atoms with Crippen LogP contribution in [0.4, 0.5) is 0 Å². The number of H-pyrrole nitrogens is 1. The largest absolute Gasteiger partial charge is 0.342 e. The molecule has 3 aliphatic rings. The molecule has 1 unspecified atom stereocenters. The van der Waals surface area contributed by atoms with Crippen LogP contribution in [0.3, 0.4) is 0 Å². The van der Waals surface area contributed by atoms with Crippen LogP contribution in [0.1, 0.15) is 56.7 Å². The number of piperidine rings is 1. The summed E-state index contributed by atoms with van der Waals surface area (Å²) in [6.45, 7) is 2.89. The number of pyridine rings is 1. The maximum Gasteiger partial charge on any atom is 0.227 e. The van der Waals surface area contributed by atoms with Gasteiger partial charge in [0.1, 0.15) is 5.82 Å². The highest BCUT2D eigenvalue weighted by atomic mass is 16.2. The topological polar surface area (TPSA) is 82.2 Å². The molecule has 0 spiro atoms. The van der Waals surface area contributed by atoms with Crippen molar-refractivity contribution in [3.05, 3.63) is 24.2 Å². The van der Waals surface area contributed by atoms with Gasteiger partial charge in [-0.2, -0.15) is 0 Å². The van der Waals surface area contributed by atoms with Gasteiger partial charge in [-0.3, -0.25) is 9.59 Å². The second-order valence-electron chi connectivity index (χ2n) is 8.85. The quantitative estimate of drug-likeness (QED) is 0.866. The Morgan fingerprint density at radius 3 is 2.41 bits per heavy atom. The van der Waals surface area contributed by atoms with Crippen molar-refractivity contribution in [2.45, 2.75) is 50.9 Å². The van der Waals surface area contributed by atoms with Crippen molar-refractivity contribution in [1.29, 1.82) is 0 Å². The number of fused-ring (bicyclic) bond motifs is 1. The summed E-state index contributed by atoms with van der Waals surface area (Å²) in [5.74, 6) is 2.04. The average molecular weight is 396 g/mol. The van der Waals surface area contributed by atoms with E-state index in [1.165, 1.54) is 12.8 Å². The smallest absolute Gasteiger partial charge is 0.227 e. The Morgan fingerprint density at radius 2 is 1.66 bits per heavy atom. The predicted molar refractivity (Wildman–Crippen MR) is 109 cm³/mol. The van der Waals surface area contributed by atoms with Gasteiger partial charge in [0.15, 0.2) is 5.65 Å². The van der Waals surface area contributed by atoms with E-state index in [2.05, 4.69) is 15.0 Å². The zero-order chi connectivity index (χ0) is 19.8. The summed E-state index contributed by atoms with van der Waals surface area (Å²) in [4.78, 5) is 42.0. The van der Waals surface area contributed by atoms with Gasteiger partial charge in [-0.1, -0.05) is 12.8 Å². The average Bonchev–Trinajstić information content (AvgIpc) is 3.53. The molecule has 2 aromatic rings. The van der Waals surface area contributed by atoms with Gasteiger partial charge in [0, 0.05) is 44.2 Å². The first-order valence-electron chi connectivity index (χ1n) is 11.1. The fraction of sp³-hybridized carbons (Fsp3) is 0.636. The molecular formula is C22H29N5O2. The van der Waals surface area contributed by atoms with E-state index in [-0.39, 0.29) is 23.7 Å². The van der Waals surface area contributed by atoms with Gasteiger partial charge in [0.05, 0.1) is 11.4 Å². The maximum atomic E-state index is 13.0. The minimum atomic E-state index is -0.0210. The number of carbonyl (C=O) groups is 2. The zero-order valence-corrected chi connectivity index (χ0v) is 16.8. The summed E-state index contributed by atoms with van der Waals surface area (Å²) in [5, 5.41) is 0. The third-order valence-corrected chi connectivity index (χ3v) is 7.02. The Hall–Kier alpha value is -2.44. The van der Waals surface area contributed by atoms with Crippen LogP contribution in [-0.4, -0.2) is 62.7 Å². The molecule has 2 aromatic heterocycles. The SMILES string of the molecule is O=C(C1CCN(C(=O)C2CCCC2)C1)N1CCC(c2nc3ncccc3[nH]2)CC1. The molecule has 154 valence electrons. The molecule has 0 radical (unpaired) electrons. The highest BCUT2D eigenvalue weighted by Gasteiger charge is 2.37. The molecule has 0 bridgehead atoms. The molecule has 2 amide bonds. The van der Waals surface area contributed by atoms with Crippen molar-refractivity contribution in [3.8, 4) is 0 Å². The van der Waals surface area contributed by atoms with E-state index in [0.29, 0.717) is 12.5 Å². The predicted octanol–water partition coefficient (Wildman–Crippen LogP) is 2.70. The monoisotopic (exact) mass is 395 g/mol. The Morgan fingerprint density at radius 1 is 0.931 bits per heavy atom. The van der Waals surface area contributed by atoms with Gasteiger partial charge in [-0.15, -0.1) is 0 Å². The standard InChI is InChI=1S/C22H29N5O2/c28-21(16-4-1-2-5-16)27-13-9-17(14-27)22(29)26-11-7-15(8-12-26)19-24-18-6-3-10-23-20(18)25-19/h3,6,10,15-17H,1-2,4-5,7-9,11-14H2,(H,23,24,25). The molecule has 1 N–H and O–H groups in total. The normalized spacial score (nSPS) is 23.9. The van der Waals surface area contributed by atoms with Crippen LogP contribution in [0.25, 0.3) is 11.2 Å². The first kappa shape index (κ1) is 18.6. The minimum absolute atomic E-state index is 0.0210. The molecule has 4 heterocycles. The minimum Gasteiger partial charge on any atom is -0.342 e. The van der Waals surface area contributed by atoms with Crippen LogP contribution in [-0.2, 0) is 9.59 Å². The molecule has 29 heavy (non-hydrogen) atoms. The van der Waals surface area contributed by atoms with Gasteiger partial charge in [0.2, 0.25) is 11.8 Å². The van der Waals surface area contributed by atoms with Gasteiger partial charge in [0.25, 0.3) is 0 Å². The Labute approximate surface area is 170 Å². The van der Waals surface area contributed by atoms with E-state index < -0.39 is 0 Å². The van der Waals surface area contributed by atoms with Crippen molar-refractivity contribution in [2.75, 3.05) is 26.2 Å². The molecule has 5 rings (SSSR count). The number of amides is 2. The Kier molecular flexibility index (Phi) is 4.97. The van der Waals surface area contributed by atoms with Gasteiger partial charge in [-0.05, 0) is 44.2 Å². The summed E-state index contributed by atoms with van der Waals surface area (Å²) in [5.41, 5.74) is 1.73. The third-order valence-electron chi connectivity index (χ3n) is 7.02. The lowest BCUT2D eigenvalue weighted by Crippen LogP contribution is -2.43. The lowest BCUT2D eigenvalue weighted by molar-refractivity contribution is -0.137. The summed E-state index contributed by atoms with van der Waals surface area (Å²) >= 11 is 0. The van der Waals surface area contributed by atoms with Gasteiger partial charge < -0.3 is 14.8 Å². The third kappa shape index (κ3) is 3.63. The summed E-state index contributed by atoms with van der Waals surface area (Å²) < 4.78 is 0. The van der Waals surface area contributed by atoms with Gasteiger partial charge >= 0.3 is 0 Å². The molecular weight excluding hydrogens is 366 g/mol. The number of rotatable bonds is 3. The summed E-state index contributed by atoms with van der Waals surface area (Å²) in [6.07, 6.45) is 8.80. The molecule has 1 aliphatic carbocycles. The first-order valence-corrected chi connectivity index (χ1v) is 11.1. The van der Waals surface area contributed by atoms with E-state index in [4.69, 9.17) is 0 Å². The number of nitrogens with one attached hydrogen (secondary N) is 1. The summed E-state index contributed by atoms with van der Waals surface area (Å²) in [6, 6.07) is 3.91. The molecule has 1 saturated carbocycles. The van der Waals surface area contributed by atoms with Crippen LogP contribution in [0.2, 0.25) is 0 Å². The summed E-state index contributed by atoms with van der Waals surface area (Å²) in [7, 11) is 0. The molecule has 7 nitrogen and oxygen atoms in total. The number of hydrogen-bond acceptors (Lipinski definition) is 4. The van der Waals surface area contributed by atoms with Crippen molar-refractivity contribution in [3.63, 3.8) is 0 Å². The van der Waals surface area contributed by atoms with Crippen molar-refractivity contribution in [2.24, 2.45) is 11.8 Å². The number of carbonyl (C=O) groups excluding carboxylic acids is 2. The highest BCUT2D eigenvalue weighted by molar-refractivity contribution is 5.83. The number of aromatic amines is 1. The lowest BCUT2D eigenvalue weighted by Gasteiger charge is -2.33. The number of likely N-dealkylation sites (tertiary alicyclic amines) is 2. The molecule has 0 aromatic carbocycles. The molecule has 7 heteroatoms. The van der Waals surface area contributed by atoms with E-state index in [1.54, 1.807) is 6.20 Å². The second kappa shape index (κ2) is 7.76.